The van der Waals surface area contributed by atoms with Gasteiger partial charge in [0.15, 0.2) is 0 Å². The van der Waals surface area contributed by atoms with Gasteiger partial charge in [0, 0.05) is 23.3 Å². The molecule has 2 nitrogen and oxygen atoms in total. The van der Waals surface area contributed by atoms with Gasteiger partial charge in [0.05, 0.1) is 11.7 Å². The number of hydrogen-bond donors (Lipinski definition) is 1. The van der Waals surface area contributed by atoms with Crippen LogP contribution < -0.4 is 5.32 Å². The first-order chi connectivity index (χ1) is 8.97. The maximum Gasteiger partial charge on any atom is 0.417 e. The molecule has 0 radical (unpaired) electrons. The average molecular weight is 338 g/mol. The predicted molar refractivity (Wildman–Crippen MR) is 71.2 cm³/mol. The monoisotopic (exact) mass is 337 g/mol. The molecule has 0 amide bonds. The molecule has 106 valence electrons. The quantitative estimate of drug-likeness (QED) is 0.879. The maximum atomic E-state index is 12.7. The lowest BCUT2D eigenvalue weighted by molar-refractivity contribution is -0.138. The summed E-state index contributed by atoms with van der Waals surface area (Å²) >= 11 is 2.92. The van der Waals surface area contributed by atoms with Crippen molar-refractivity contribution >= 4 is 21.6 Å². The van der Waals surface area contributed by atoms with E-state index in [1.54, 1.807) is 6.07 Å². The molecule has 1 fully saturated rings. The number of alkyl halides is 3. The SMILES string of the molecule is FC(F)(F)c1cc(NCC2CCCCO2)ccc1Br. The fraction of sp³-hybridized carbons (Fsp3) is 0.538. The molecule has 1 aromatic rings. The summed E-state index contributed by atoms with van der Waals surface area (Å²) in [6.45, 7) is 1.28. The van der Waals surface area contributed by atoms with E-state index >= 15 is 0 Å². The number of ether oxygens (including phenoxy) is 1. The van der Waals surface area contributed by atoms with Gasteiger partial charge < -0.3 is 10.1 Å². The van der Waals surface area contributed by atoms with Gasteiger partial charge in [-0.2, -0.15) is 13.2 Å². The molecule has 1 atom stereocenters. The first kappa shape index (κ1) is 14.7. The molecule has 1 aliphatic rings. The Hall–Kier alpha value is -0.750. The van der Waals surface area contributed by atoms with Crippen LogP contribution in [0.2, 0.25) is 0 Å². The van der Waals surface area contributed by atoms with Crippen LogP contribution in [-0.4, -0.2) is 19.3 Å². The van der Waals surface area contributed by atoms with Gasteiger partial charge in [-0.3, -0.25) is 0 Å². The molecule has 6 heteroatoms. The first-order valence-electron chi connectivity index (χ1n) is 6.19. The normalized spacial score (nSPS) is 20.3. The van der Waals surface area contributed by atoms with Gasteiger partial charge in [-0.05, 0) is 37.5 Å². The van der Waals surface area contributed by atoms with Crippen molar-refractivity contribution in [3.8, 4) is 0 Å². The predicted octanol–water partition coefficient (Wildman–Crippen LogP) is 4.45. The molecule has 1 aliphatic heterocycles. The summed E-state index contributed by atoms with van der Waals surface area (Å²) in [4.78, 5) is 0. The maximum absolute atomic E-state index is 12.7. The molecular weight excluding hydrogens is 323 g/mol. The fourth-order valence-corrected chi connectivity index (χ4v) is 2.52. The number of hydrogen-bond acceptors (Lipinski definition) is 2. The Morgan fingerprint density at radius 3 is 2.74 bits per heavy atom. The average Bonchev–Trinajstić information content (AvgIpc) is 2.37. The van der Waals surface area contributed by atoms with Crippen molar-refractivity contribution in [3.63, 3.8) is 0 Å². The lowest BCUT2D eigenvalue weighted by atomic mass is 10.1. The second-order valence-electron chi connectivity index (χ2n) is 4.56. The molecule has 0 aliphatic carbocycles. The van der Waals surface area contributed by atoms with Crippen LogP contribution in [0, 0.1) is 0 Å². The van der Waals surface area contributed by atoms with Crippen LogP contribution in [0.1, 0.15) is 24.8 Å². The fourth-order valence-electron chi connectivity index (χ4n) is 2.05. The van der Waals surface area contributed by atoms with Crippen LogP contribution in [0.25, 0.3) is 0 Å². The number of benzene rings is 1. The van der Waals surface area contributed by atoms with E-state index in [0.717, 1.165) is 31.9 Å². The summed E-state index contributed by atoms with van der Waals surface area (Å²) in [6, 6.07) is 4.15. The molecule has 1 N–H and O–H groups in total. The van der Waals surface area contributed by atoms with Gasteiger partial charge >= 0.3 is 6.18 Å². The Morgan fingerprint density at radius 2 is 2.11 bits per heavy atom. The van der Waals surface area contributed by atoms with Crippen molar-refractivity contribution in [3.05, 3.63) is 28.2 Å². The molecule has 1 saturated heterocycles. The Balaban J connectivity index is 2.00. The summed E-state index contributed by atoms with van der Waals surface area (Å²) in [5.41, 5.74) is -0.202. The number of anilines is 1. The van der Waals surface area contributed by atoms with E-state index in [9.17, 15) is 13.2 Å². The minimum atomic E-state index is -4.35. The second kappa shape index (κ2) is 6.13. The standard InChI is InChI=1S/C13H15BrF3NO/c14-12-5-4-9(7-11(12)13(15,16)17)18-8-10-3-1-2-6-19-10/h4-5,7,10,18H,1-3,6,8H2. The summed E-state index contributed by atoms with van der Waals surface area (Å²) in [6.07, 6.45) is -1.13. The molecule has 0 saturated carbocycles. The molecule has 2 rings (SSSR count). The molecule has 1 unspecified atom stereocenters. The van der Waals surface area contributed by atoms with Crippen molar-refractivity contribution in [2.75, 3.05) is 18.5 Å². The third-order valence-corrected chi connectivity index (χ3v) is 3.77. The van der Waals surface area contributed by atoms with Crippen molar-refractivity contribution < 1.29 is 17.9 Å². The van der Waals surface area contributed by atoms with E-state index in [-0.39, 0.29) is 10.6 Å². The van der Waals surface area contributed by atoms with Gasteiger partial charge in [0.2, 0.25) is 0 Å². The molecule has 1 heterocycles. The summed E-state index contributed by atoms with van der Waals surface area (Å²) in [5, 5.41) is 3.01. The van der Waals surface area contributed by atoms with Crippen molar-refractivity contribution in [1.29, 1.82) is 0 Å². The van der Waals surface area contributed by atoms with E-state index in [1.807, 2.05) is 0 Å². The minimum absolute atomic E-state index is 0.0551. The smallest absolute Gasteiger partial charge is 0.382 e. The molecule has 1 aromatic carbocycles. The van der Waals surface area contributed by atoms with E-state index in [2.05, 4.69) is 21.2 Å². The summed E-state index contributed by atoms with van der Waals surface area (Å²) in [7, 11) is 0. The topological polar surface area (TPSA) is 21.3 Å². The zero-order valence-electron chi connectivity index (χ0n) is 10.3. The van der Waals surface area contributed by atoms with Crippen LogP contribution in [-0.2, 0) is 10.9 Å². The highest BCUT2D eigenvalue weighted by molar-refractivity contribution is 9.10. The lowest BCUT2D eigenvalue weighted by Crippen LogP contribution is -2.27. The Morgan fingerprint density at radius 1 is 1.32 bits per heavy atom. The van der Waals surface area contributed by atoms with Gasteiger partial charge in [-0.25, -0.2) is 0 Å². The molecule has 19 heavy (non-hydrogen) atoms. The Labute approximate surface area is 118 Å². The lowest BCUT2D eigenvalue weighted by Gasteiger charge is -2.23. The Kier molecular flexibility index (Phi) is 4.73. The summed E-state index contributed by atoms with van der Waals surface area (Å²) < 4.78 is 43.8. The zero-order valence-corrected chi connectivity index (χ0v) is 11.9. The molecular formula is C13H15BrF3NO. The third kappa shape index (κ3) is 4.11. The van der Waals surface area contributed by atoms with E-state index in [4.69, 9.17) is 4.74 Å². The first-order valence-corrected chi connectivity index (χ1v) is 6.98. The van der Waals surface area contributed by atoms with E-state index < -0.39 is 11.7 Å². The molecule has 0 aromatic heterocycles. The highest BCUT2D eigenvalue weighted by atomic mass is 79.9. The number of halogens is 4. The van der Waals surface area contributed by atoms with E-state index in [1.165, 1.54) is 6.07 Å². The van der Waals surface area contributed by atoms with Crippen molar-refractivity contribution in [2.24, 2.45) is 0 Å². The van der Waals surface area contributed by atoms with Crippen LogP contribution in [0.4, 0.5) is 18.9 Å². The highest BCUT2D eigenvalue weighted by Crippen LogP contribution is 2.36. The van der Waals surface area contributed by atoms with Crippen molar-refractivity contribution in [1.82, 2.24) is 0 Å². The van der Waals surface area contributed by atoms with E-state index in [0.29, 0.717) is 12.2 Å². The number of nitrogens with one attached hydrogen (secondary N) is 1. The second-order valence-corrected chi connectivity index (χ2v) is 5.42. The number of rotatable bonds is 3. The van der Waals surface area contributed by atoms with Crippen LogP contribution in [0.5, 0.6) is 0 Å². The molecule has 0 spiro atoms. The van der Waals surface area contributed by atoms with Gasteiger partial charge in [-0.1, -0.05) is 15.9 Å². The van der Waals surface area contributed by atoms with Crippen LogP contribution in [0.3, 0.4) is 0 Å². The zero-order chi connectivity index (χ0) is 13.9. The third-order valence-electron chi connectivity index (χ3n) is 3.08. The van der Waals surface area contributed by atoms with Gasteiger partial charge in [-0.15, -0.1) is 0 Å². The van der Waals surface area contributed by atoms with Crippen molar-refractivity contribution in [2.45, 2.75) is 31.5 Å². The minimum Gasteiger partial charge on any atom is -0.382 e. The highest BCUT2D eigenvalue weighted by Gasteiger charge is 2.33. The van der Waals surface area contributed by atoms with Gasteiger partial charge in [0.25, 0.3) is 0 Å². The Bertz CT molecular complexity index is 430. The summed E-state index contributed by atoms with van der Waals surface area (Å²) in [5.74, 6) is 0. The van der Waals surface area contributed by atoms with Crippen LogP contribution in [0.15, 0.2) is 22.7 Å². The largest absolute Gasteiger partial charge is 0.417 e. The molecule has 0 bridgehead atoms. The van der Waals surface area contributed by atoms with Crippen LogP contribution >= 0.6 is 15.9 Å². The van der Waals surface area contributed by atoms with Gasteiger partial charge in [0.1, 0.15) is 0 Å².